The molecule has 1 aromatic heterocycles. The molecule has 2 fully saturated rings. The number of aromatic nitrogens is 1. The molecule has 1 saturated heterocycles. The van der Waals surface area contributed by atoms with Crippen LogP contribution in [0.5, 0.6) is 5.75 Å². The summed E-state index contributed by atoms with van der Waals surface area (Å²) in [5, 5.41) is 8.08. The lowest BCUT2D eigenvalue weighted by molar-refractivity contribution is -0.123. The molecule has 0 bridgehead atoms. The number of nitrogens with one attached hydrogen (secondary N) is 2. The molecule has 39 heavy (non-hydrogen) atoms. The van der Waals surface area contributed by atoms with Gasteiger partial charge in [0, 0.05) is 10.9 Å². The number of aldehydes is 1. The van der Waals surface area contributed by atoms with E-state index in [1.54, 1.807) is 31.4 Å². The van der Waals surface area contributed by atoms with Crippen LogP contribution in [0.15, 0.2) is 29.6 Å². The number of likely N-dealkylation sites (N-methyl/N-ethyl adjacent to an activating group) is 1. The maximum atomic E-state index is 12.7. The number of ether oxygens (including phenoxy) is 1. The summed E-state index contributed by atoms with van der Waals surface area (Å²) in [5.74, 6) is 0.522. The van der Waals surface area contributed by atoms with Crippen LogP contribution in [0.1, 0.15) is 99.2 Å². The maximum absolute atomic E-state index is 12.7. The lowest BCUT2D eigenvalue weighted by atomic mass is 10.0. The molecule has 2 N–H and O–H groups in total. The van der Waals surface area contributed by atoms with Gasteiger partial charge in [-0.05, 0) is 66.4 Å². The zero-order valence-electron chi connectivity index (χ0n) is 24.2. The number of nitrogens with zero attached hydrogens (tertiary/aromatic N) is 2. The van der Waals surface area contributed by atoms with Crippen LogP contribution in [0.25, 0.3) is 0 Å². The number of thiazole rings is 1. The highest BCUT2D eigenvalue weighted by molar-refractivity contribution is 7.10. The first kappa shape index (κ1) is 32.6. The van der Waals surface area contributed by atoms with Crippen molar-refractivity contribution in [1.82, 2.24) is 20.5 Å². The topological polar surface area (TPSA) is 101 Å². The highest BCUT2D eigenvalue weighted by Crippen LogP contribution is 2.32. The third kappa shape index (κ3) is 11.6. The van der Waals surface area contributed by atoms with Crippen LogP contribution in [-0.2, 0) is 9.59 Å². The molecule has 2 aliphatic rings. The van der Waals surface area contributed by atoms with Gasteiger partial charge in [0.2, 0.25) is 11.7 Å². The first-order valence-corrected chi connectivity index (χ1v) is 15.0. The van der Waals surface area contributed by atoms with Gasteiger partial charge in [-0.1, -0.05) is 50.7 Å². The third-order valence-corrected chi connectivity index (χ3v) is 7.66. The predicted octanol–water partition coefficient (Wildman–Crippen LogP) is 5.18. The Kier molecular flexibility index (Phi) is 14.9. The van der Waals surface area contributed by atoms with Crippen LogP contribution in [0.3, 0.4) is 0 Å². The van der Waals surface area contributed by atoms with E-state index in [4.69, 9.17) is 4.74 Å². The average Bonchev–Trinajstić information content (AvgIpc) is 3.61. The van der Waals surface area contributed by atoms with Gasteiger partial charge >= 0.3 is 0 Å². The van der Waals surface area contributed by atoms with E-state index < -0.39 is 0 Å². The second kappa shape index (κ2) is 17.9. The van der Waals surface area contributed by atoms with E-state index in [1.165, 1.54) is 44.9 Å². The number of likely N-dealkylation sites (tertiary alicyclic amines) is 1. The minimum Gasteiger partial charge on any atom is -0.491 e. The summed E-state index contributed by atoms with van der Waals surface area (Å²) in [6.45, 7) is 6.85. The Labute approximate surface area is 237 Å². The van der Waals surface area contributed by atoms with Gasteiger partial charge in [0.1, 0.15) is 22.7 Å². The molecule has 1 unspecified atom stereocenters. The van der Waals surface area contributed by atoms with Crippen LogP contribution in [0.4, 0.5) is 0 Å². The van der Waals surface area contributed by atoms with Crippen LogP contribution >= 0.6 is 11.3 Å². The first-order chi connectivity index (χ1) is 18.8. The summed E-state index contributed by atoms with van der Waals surface area (Å²) in [5.41, 5.74) is 1.16. The zero-order valence-corrected chi connectivity index (χ0v) is 25.0. The fourth-order valence-corrected chi connectivity index (χ4v) is 5.38. The van der Waals surface area contributed by atoms with E-state index in [1.807, 2.05) is 37.4 Å². The molecular weight excluding hydrogens is 512 g/mol. The minimum atomic E-state index is -0.236. The van der Waals surface area contributed by atoms with E-state index in [9.17, 15) is 14.4 Å². The predicted molar refractivity (Wildman–Crippen MR) is 158 cm³/mol. The van der Waals surface area contributed by atoms with Gasteiger partial charge in [-0.25, -0.2) is 4.98 Å². The van der Waals surface area contributed by atoms with Crippen molar-refractivity contribution < 1.29 is 19.1 Å². The van der Waals surface area contributed by atoms with Crippen molar-refractivity contribution in [2.24, 2.45) is 0 Å². The fourth-order valence-electron chi connectivity index (χ4n) is 4.39. The SMILES string of the molecule is C1CCCCC1.CC(C)Oc1cccc(C(=O)c2csc([C@@H]3CCCN3C)n2)c1.CNC(C)C(=O)NCC=O. The third-order valence-electron chi connectivity index (χ3n) is 6.71. The number of amides is 1. The molecule has 1 saturated carbocycles. The lowest BCUT2D eigenvalue weighted by Gasteiger charge is -2.16. The molecular formula is C30H46N4O4S. The molecule has 0 spiro atoms. The van der Waals surface area contributed by atoms with Gasteiger partial charge in [0.05, 0.1) is 24.7 Å². The largest absolute Gasteiger partial charge is 0.491 e. The van der Waals surface area contributed by atoms with Crippen molar-refractivity contribution in [3.63, 3.8) is 0 Å². The Bertz CT molecular complexity index is 1010. The van der Waals surface area contributed by atoms with E-state index in [0.717, 1.165) is 23.7 Å². The van der Waals surface area contributed by atoms with Crippen LogP contribution in [-0.4, -0.2) is 67.2 Å². The summed E-state index contributed by atoms with van der Waals surface area (Å²) in [6.07, 6.45) is 12.1. The molecule has 1 aliphatic carbocycles. The van der Waals surface area contributed by atoms with E-state index in [0.29, 0.717) is 23.6 Å². The highest BCUT2D eigenvalue weighted by Gasteiger charge is 2.26. The minimum absolute atomic E-state index is 0.0395. The average molecular weight is 559 g/mol. The Morgan fingerprint density at radius 2 is 1.79 bits per heavy atom. The first-order valence-electron chi connectivity index (χ1n) is 14.1. The van der Waals surface area contributed by atoms with E-state index in [2.05, 4.69) is 27.6 Å². The lowest BCUT2D eigenvalue weighted by Crippen LogP contribution is -2.40. The maximum Gasteiger partial charge on any atom is 0.237 e. The summed E-state index contributed by atoms with van der Waals surface area (Å²) < 4.78 is 5.66. The molecule has 216 valence electrons. The Balaban J connectivity index is 0.000000274. The smallest absolute Gasteiger partial charge is 0.237 e. The monoisotopic (exact) mass is 558 g/mol. The Morgan fingerprint density at radius 1 is 1.13 bits per heavy atom. The van der Waals surface area contributed by atoms with Crippen molar-refractivity contribution in [2.75, 3.05) is 27.2 Å². The Hall–Kier alpha value is -2.62. The van der Waals surface area contributed by atoms with Gasteiger partial charge in [0.25, 0.3) is 0 Å². The summed E-state index contributed by atoms with van der Waals surface area (Å²) in [6, 6.07) is 7.45. The molecule has 2 atom stereocenters. The zero-order chi connectivity index (χ0) is 28.6. The molecule has 9 heteroatoms. The fraction of sp³-hybridized carbons (Fsp3) is 0.600. The second-order valence-electron chi connectivity index (χ2n) is 10.3. The highest BCUT2D eigenvalue weighted by atomic mass is 32.1. The van der Waals surface area contributed by atoms with Crippen molar-refractivity contribution in [2.45, 2.75) is 90.3 Å². The normalized spacial score (nSPS) is 17.7. The summed E-state index contributed by atoms with van der Waals surface area (Å²) in [7, 11) is 3.80. The Morgan fingerprint density at radius 3 is 2.33 bits per heavy atom. The summed E-state index contributed by atoms with van der Waals surface area (Å²) >= 11 is 1.58. The van der Waals surface area contributed by atoms with Gasteiger partial charge in [0.15, 0.2) is 0 Å². The molecule has 1 aliphatic heterocycles. The molecule has 8 nitrogen and oxygen atoms in total. The van der Waals surface area contributed by atoms with Crippen molar-refractivity contribution in [1.29, 1.82) is 0 Å². The summed E-state index contributed by atoms with van der Waals surface area (Å²) in [4.78, 5) is 40.2. The van der Waals surface area contributed by atoms with Crippen molar-refractivity contribution in [3.05, 3.63) is 45.9 Å². The molecule has 4 rings (SSSR count). The number of hydrogen-bond donors (Lipinski definition) is 2. The standard InChI is InChI=1S/C18H22N2O2S.C6H12N2O2.C6H12/c1-12(2)22-14-7-4-6-13(10-14)17(21)15-11-23-18(19-15)16-8-5-9-20(16)3;1-5(7-2)6(10)8-3-4-9;1-2-4-6-5-3-1/h4,6-7,10-12,16H,5,8-9H2,1-3H3;4-5,7H,3H2,1-2H3,(H,8,10);1-6H2/t16-;;/m0../s1. The number of hydrogen-bond acceptors (Lipinski definition) is 8. The van der Waals surface area contributed by atoms with Crippen molar-refractivity contribution >= 4 is 29.3 Å². The second-order valence-corrected chi connectivity index (χ2v) is 11.2. The quantitative estimate of drug-likeness (QED) is 0.323. The molecule has 1 aromatic carbocycles. The number of carbonyl (C=O) groups is 3. The molecule has 0 radical (unpaired) electrons. The molecule has 2 aromatic rings. The van der Waals surface area contributed by atoms with Crippen LogP contribution in [0.2, 0.25) is 0 Å². The number of benzene rings is 1. The van der Waals surface area contributed by atoms with Crippen LogP contribution in [0, 0.1) is 0 Å². The van der Waals surface area contributed by atoms with Gasteiger partial charge in [-0.3, -0.25) is 14.5 Å². The van der Waals surface area contributed by atoms with E-state index in [-0.39, 0.29) is 30.4 Å². The van der Waals surface area contributed by atoms with Gasteiger partial charge in [-0.15, -0.1) is 11.3 Å². The number of rotatable bonds is 9. The van der Waals surface area contributed by atoms with Gasteiger partial charge < -0.3 is 20.2 Å². The van der Waals surface area contributed by atoms with E-state index >= 15 is 0 Å². The van der Waals surface area contributed by atoms with Crippen LogP contribution < -0.4 is 15.4 Å². The number of ketones is 1. The molecule has 2 heterocycles. The van der Waals surface area contributed by atoms with Gasteiger partial charge in [-0.2, -0.15) is 0 Å². The van der Waals surface area contributed by atoms with Crippen molar-refractivity contribution in [3.8, 4) is 5.75 Å². The molecule has 1 amide bonds. The number of carbonyl (C=O) groups excluding carboxylic acids is 3.